The Hall–Kier alpha value is -1.81. The van der Waals surface area contributed by atoms with E-state index in [4.69, 9.17) is 5.73 Å². The van der Waals surface area contributed by atoms with Gasteiger partial charge in [0.05, 0.1) is 0 Å². The second kappa shape index (κ2) is 5.89. The molecule has 1 aromatic carbocycles. The molecule has 0 aliphatic carbocycles. The van der Waals surface area contributed by atoms with Gasteiger partial charge in [0.25, 0.3) is 0 Å². The average Bonchev–Trinajstić information content (AvgIpc) is 2.77. The van der Waals surface area contributed by atoms with Crippen molar-refractivity contribution in [3.8, 4) is 0 Å². The molecule has 3 N–H and O–H groups in total. The number of aromatic nitrogens is 1. The molecule has 0 bridgehead atoms. The number of nitrogens with zero attached hydrogens (tertiary/aromatic N) is 1. The number of nitrogens with two attached hydrogens (primary N) is 1. The third-order valence-electron chi connectivity index (χ3n) is 3.20. The number of hydrogen-bond acceptors (Lipinski definition) is 2. The van der Waals surface area contributed by atoms with E-state index in [1.807, 2.05) is 6.20 Å². The number of amides is 1. The Morgan fingerprint density at radius 3 is 2.84 bits per heavy atom. The average molecular weight is 259 g/mol. The van der Waals surface area contributed by atoms with E-state index >= 15 is 0 Å². The van der Waals surface area contributed by atoms with Crippen molar-refractivity contribution in [1.82, 2.24) is 9.88 Å². The summed E-state index contributed by atoms with van der Waals surface area (Å²) < 4.78 is 2.08. The van der Waals surface area contributed by atoms with Crippen LogP contribution in [-0.4, -0.2) is 16.5 Å². The first kappa shape index (κ1) is 13.6. The summed E-state index contributed by atoms with van der Waals surface area (Å²) in [5.41, 5.74) is 7.64. The van der Waals surface area contributed by atoms with E-state index in [9.17, 15) is 4.79 Å². The highest BCUT2D eigenvalue weighted by Crippen LogP contribution is 2.20. The molecule has 0 aliphatic heterocycles. The molecule has 0 saturated heterocycles. The maximum atomic E-state index is 10.9. The van der Waals surface area contributed by atoms with Gasteiger partial charge in [0.15, 0.2) is 0 Å². The quantitative estimate of drug-likeness (QED) is 0.833. The molecule has 2 aromatic rings. The zero-order valence-corrected chi connectivity index (χ0v) is 11.5. The van der Waals surface area contributed by atoms with Gasteiger partial charge in [-0.2, -0.15) is 0 Å². The predicted molar refractivity (Wildman–Crippen MR) is 77.7 cm³/mol. The van der Waals surface area contributed by atoms with Crippen LogP contribution in [0.25, 0.3) is 10.9 Å². The topological polar surface area (TPSA) is 60.1 Å². The second-order valence-corrected chi connectivity index (χ2v) is 5.11. The van der Waals surface area contributed by atoms with Crippen LogP contribution in [0, 0.1) is 0 Å². The van der Waals surface area contributed by atoms with Gasteiger partial charge in [-0.1, -0.05) is 26.0 Å². The van der Waals surface area contributed by atoms with Crippen LogP contribution in [0.2, 0.25) is 0 Å². The van der Waals surface area contributed by atoms with Crippen LogP contribution in [0.15, 0.2) is 30.5 Å². The number of carbonyl (C=O) groups excluding carboxylic acids is 1. The molecular formula is C15H21N3O. The first-order chi connectivity index (χ1) is 9.08. The van der Waals surface area contributed by atoms with Gasteiger partial charge in [-0.15, -0.1) is 0 Å². The summed E-state index contributed by atoms with van der Waals surface area (Å²) in [4.78, 5) is 10.9. The van der Waals surface area contributed by atoms with Crippen molar-refractivity contribution in [3.05, 3.63) is 36.0 Å². The van der Waals surface area contributed by atoms with E-state index in [1.165, 1.54) is 10.9 Å². The molecule has 0 atom stereocenters. The van der Waals surface area contributed by atoms with Crippen LogP contribution in [0.3, 0.4) is 0 Å². The number of aryl methyl sites for hydroxylation is 1. The third kappa shape index (κ3) is 3.35. The van der Waals surface area contributed by atoms with E-state index in [0.717, 1.165) is 12.1 Å². The van der Waals surface area contributed by atoms with Crippen LogP contribution in [0.1, 0.15) is 25.8 Å². The smallest absolute Gasteiger partial charge is 0.219 e. The number of rotatable bonds is 6. The van der Waals surface area contributed by atoms with Crippen LogP contribution >= 0.6 is 0 Å². The summed E-state index contributed by atoms with van der Waals surface area (Å²) in [6.45, 7) is 5.77. The van der Waals surface area contributed by atoms with E-state index < -0.39 is 0 Å². The maximum absolute atomic E-state index is 10.9. The van der Waals surface area contributed by atoms with E-state index in [-0.39, 0.29) is 5.91 Å². The van der Waals surface area contributed by atoms with E-state index in [2.05, 4.69) is 48.0 Å². The van der Waals surface area contributed by atoms with Gasteiger partial charge >= 0.3 is 0 Å². The minimum Gasteiger partial charge on any atom is -0.370 e. The largest absolute Gasteiger partial charge is 0.370 e. The highest BCUT2D eigenvalue weighted by atomic mass is 16.1. The summed E-state index contributed by atoms with van der Waals surface area (Å²) in [7, 11) is 0. The SMILES string of the molecule is CC(C)NCc1cccc2c1ccn2CCC(N)=O. The molecule has 19 heavy (non-hydrogen) atoms. The first-order valence-corrected chi connectivity index (χ1v) is 6.66. The monoisotopic (exact) mass is 259 g/mol. The lowest BCUT2D eigenvalue weighted by Gasteiger charge is -2.10. The van der Waals surface area contributed by atoms with Crippen LogP contribution < -0.4 is 11.1 Å². The number of carbonyl (C=O) groups is 1. The summed E-state index contributed by atoms with van der Waals surface area (Å²) in [5.74, 6) is -0.264. The van der Waals surface area contributed by atoms with Crippen molar-refractivity contribution in [3.63, 3.8) is 0 Å². The predicted octanol–water partition coefficient (Wildman–Crippen LogP) is 2.01. The van der Waals surface area contributed by atoms with Gasteiger partial charge in [0.2, 0.25) is 5.91 Å². The Morgan fingerprint density at radius 1 is 1.37 bits per heavy atom. The van der Waals surface area contributed by atoms with Crippen molar-refractivity contribution in [2.75, 3.05) is 0 Å². The molecule has 0 spiro atoms. The number of benzene rings is 1. The Morgan fingerprint density at radius 2 is 2.16 bits per heavy atom. The Balaban J connectivity index is 2.23. The number of primary amides is 1. The fourth-order valence-corrected chi connectivity index (χ4v) is 2.18. The lowest BCUT2D eigenvalue weighted by atomic mass is 10.1. The van der Waals surface area contributed by atoms with E-state index in [1.54, 1.807) is 0 Å². The zero-order valence-electron chi connectivity index (χ0n) is 11.5. The number of hydrogen-bond donors (Lipinski definition) is 2. The lowest BCUT2D eigenvalue weighted by Crippen LogP contribution is -2.21. The lowest BCUT2D eigenvalue weighted by molar-refractivity contribution is -0.118. The Bertz CT molecular complexity index is 572. The number of fused-ring (bicyclic) bond motifs is 1. The molecule has 0 fully saturated rings. The molecule has 1 aromatic heterocycles. The van der Waals surface area contributed by atoms with Crippen LogP contribution in [-0.2, 0) is 17.9 Å². The molecule has 0 aliphatic rings. The van der Waals surface area contributed by atoms with Crippen molar-refractivity contribution >= 4 is 16.8 Å². The minimum absolute atomic E-state index is 0.264. The molecule has 4 heteroatoms. The first-order valence-electron chi connectivity index (χ1n) is 6.66. The van der Waals surface area contributed by atoms with Gasteiger partial charge < -0.3 is 15.6 Å². The summed E-state index contributed by atoms with van der Waals surface area (Å²) >= 11 is 0. The molecule has 0 saturated carbocycles. The summed E-state index contributed by atoms with van der Waals surface area (Å²) in [6.07, 6.45) is 2.39. The van der Waals surface area contributed by atoms with Gasteiger partial charge in [0.1, 0.15) is 0 Å². The summed E-state index contributed by atoms with van der Waals surface area (Å²) in [5, 5.41) is 4.67. The van der Waals surface area contributed by atoms with Gasteiger partial charge in [-0.25, -0.2) is 0 Å². The van der Waals surface area contributed by atoms with Gasteiger partial charge in [-0.3, -0.25) is 4.79 Å². The molecule has 2 rings (SSSR count). The highest BCUT2D eigenvalue weighted by molar-refractivity contribution is 5.84. The van der Waals surface area contributed by atoms with Crippen molar-refractivity contribution in [1.29, 1.82) is 0 Å². The second-order valence-electron chi connectivity index (χ2n) is 5.11. The molecular weight excluding hydrogens is 238 g/mol. The standard InChI is InChI=1S/C15H21N3O/c1-11(2)17-10-12-4-3-5-14-13(12)6-8-18(14)9-7-15(16)19/h3-6,8,11,17H,7,9-10H2,1-2H3,(H2,16,19). The van der Waals surface area contributed by atoms with Crippen LogP contribution in [0.5, 0.6) is 0 Å². The van der Waals surface area contributed by atoms with Crippen molar-refractivity contribution < 1.29 is 4.79 Å². The minimum atomic E-state index is -0.264. The molecule has 1 amide bonds. The molecule has 0 unspecified atom stereocenters. The highest BCUT2D eigenvalue weighted by Gasteiger charge is 2.06. The molecule has 102 valence electrons. The number of nitrogens with one attached hydrogen (secondary N) is 1. The van der Waals surface area contributed by atoms with Crippen LogP contribution in [0.4, 0.5) is 0 Å². The zero-order chi connectivity index (χ0) is 13.8. The molecule has 4 nitrogen and oxygen atoms in total. The fraction of sp³-hybridized carbons (Fsp3) is 0.400. The maximum Gasteiger partial charge on any atom is 0.219 e. The molecule has 0 radical (unpaired) electrons. The van der Waals surface area contributed by atoms with Crippen molar-refractivity contribution in [2.45, 2.75) is 39.4 Å². The fourth-order valence-electron chi connectivity index (χ4n) is 2.18. The summed E-state index contributed by atoms with van der Waals surface area (Å²) in [6, 6.07) is 8.84. The van der Waals surface area contributed by atoms with E-state index in [0.29, 0.717) is 19.0 Å². The van der Waals surface area contributed by atoms with Gasteiger partial charge in [-0.05, 0) is 17.7 Å². The molecule has 1 heterocycles. The van der Waals surface area contributed by atoms with Crippen molar-refractivity contribution in [2.24, 2.45) is 5.73 Å². The normalized spacial score (nSPS) is 11.3. The Kier molecular flexibility index (Phi) is 4.22. The van der Waals surface area contributed by atoms with Gasteiger partial charge in [0, 0.05) is 42.7 Å². The third-order valence-corrected chi connectivity index (χ3v) is 3.20. The Labute approximate surface area is 113 Å².